The van der Waals surface area contributed by atoms with Crippen LogP contribution in [-0.4, -0.2) is 69.9 Å². The molecular formula is C18H17N11O5S. The maximum atomic E-state index is 12.8. The van der Waals surface area contributed by atoms with Gasteiger partial charge in [-0.1, -0.05) is 17.0 Å². The number of hydrogen-bond donors (Lipinski definition) is 3. The van der Waals surface area contributed by atoms with Crippen molar-refractivity contribution in [2.24, 2.45) is 12.1 Å². The lowest BCUT2D eigenvalue weighted by Gasteiger charge is -2.05. The quantitative estimate of drug-likeness (QED) is 0.148. The summed E-state index contributed by atoms with van der Waals surface area (Å²) in [5.74, 6) is -1.04. The summed E-state index contributed by atoms with van der Waals surface area (Å²) in [5.41, 5.74) is 9.15. The number of rotatable bonds is 10. The van der Waals surface area contributed by atoms with Gasteiger partial charge in [0.05, 0.1) is 11.9 Å². The number of anilines is 1. The number of carbonyl (C=O) groups is 2. The van der Waals surface area contributed by atoms with Crippen molar-refractivity contribution in [3.8, 4) is 11.6 Å². The topological polar surface area (TPSA) is 214 Å². The van der Waals surface area contributed by atoms with E-state index in [1.807, 2.05) is 0 Å². The van der Waals surface area contributed by atoms with E-state index in [1.54, 1.807) is 42.2 Å². The van der Waals surface area contributed by atoms with Gasteiger partial charge in [0.1, 0.15) is 12.1 Å². The number of nitrogen functional groups attached to an aromatic ring is 1. The second-order valence-electron chi connectivity index (χ2n) is 6.73. The molecule has 0 unspecified atom stereocenters. The first-order valence-electron chi connectivity index (χ1n) is 9.70. The van der Waals surface area contributed by atoms with E-state index in [1.165, 1.54) is 22.7 Å². The van der Waals surface area contributed by atoms with Crippen LogP contribution in [0.5, 0.6) is 5.75 Å². The lowest BCUT2D eigenvalue weighted by Crippen LogP contribution is -2.20. The second-order valence-corrected chi connectivity index (χ2v) is 7.68. The van der Waals surface area contributed by atoms with Gasteiger partial charge < -0.3 is 20.1 Å². The van der Waals surface area contributed by atoms with Gasteiger partial charge in [-0.25, -0.2) is 14.8 Å². The highest BCUT2D eigenvalue weighted by molar-refractivity contribution is 7.98. The molecule has 3 heterocycles. The minimum atomic E-state index is -1.08. The van der Waals surface area contributed by atoms with Gasteiger partial charge in [-0.15, -0.1) is 15.3 Å². The number of aliphatic carboxylic acids is 1. The van der Waals surface area contributed by atoms with Gasteiger partial charge in [0.2, 0.25) is 11.6 Å². The van der Waals surface area contributed by atoms with Crippen LogP contribution in [0.2, 0.25) is 0 Å². The third-order valence-electron chi connectivity index (χ3n) is 4.30. The van der Waals surface area contributed by atoms with Crippen molar-refractivity contribution < 1.29 is 24.1 Å². The average Bonchev–Trinajstić information content (AvgIpc) is 3.56. The van der Waals surface area contributed by atoms with Crippen molar-refractivity contribution in [1.29, 1.82) is 0 Å². The summed E-state index contributed by atoms with van der Waals surface area (Å²) < 4.78 is 12.7. The molecule has 4 aromatic rings. The Labute approximate surface area is 200 Å². The Bertz CT molecular complexity index is 1360. The Morgan fingerprint density at radius 2 is 2.09 bits per heavy atom. The highest BCUT2D eigenvalue weighted by atomic mass is 32.2. The summed E-state index contributed by atoms with van der Waals surface area (Å²) in [6.07, 6.45) is 2.95. The zero-order chi connectivity index (χ0) is 24.8. The summed E-state index contributed by atoms with van der Waals surface area (Å²) in [6.45, 7) is -0.447. The minimum absolute atomic E-state index is 0.0170. The molecule has 1 amide bonds. The highest BCUT2D eigenvalue weighted by Gasteiger charge is 2.24. The van der Waals surface area contributed by atoms with E-state index in [2.05, 4.69) is 46.0 Å². The molecule has 0 spiro atoms. The first-order chi connectivity index (χ1) is 16.9. The number of carboxylic acids is 1. The number of nitrogens with one attached hydrogen (secondary N) is 1. The van der Waals surface area contributed by atoms with Crippen LogP contribution >= 0.6 is 11.8 Å². The van der Waals surface area contributed by atoms with Gasteiger partial charge in [-0.05, 0) is 40.1 Å². The molecule has 0 radical (unpaired) electrons. The predicted molar refractivity (Wildman–Crippen MR) is 119 cm³/mol. The number of ether oxygens (including phenoxy) is 1. The third-order valence-corrected chi connectivity index (χ3v) is 5.35. The van der Waals surface area contributed by atoms with Gasteiger partial charge in [0.25, 0.3) is 5.91 Å². The lowest BCUT2D eigenvalue weighted by atomic mass is 10.2. The largest absolute Gasteiger partial charge is 0.482 e. The van der Waals surface area contributed by atoms with Gasteiger partial charge in [-0.2, -0.15) is 9.78 Å². The molecule has 0 atom stereocenters. The lowest BCUT2D eigenvalue weighted by molar-refractivity contribution is -0.139. The predicted octanol–water partition coefficient (Wildman–Crippen LogP) is -0.119. The maximum Gasteiger partial charge on any atom is 0.341 e. The smallest absolute Gasteiger partial charge is 0.341 e. The second kappa shape index (κ2) is 10.4. The number of hydrazone groups is 1. The molecule has 0 aliphatic heterocycles. The van der Waals surface area contributed by atoms with E-state index >= 15 is 0 Å². The van der Waals surface area contributed by atoms with E-state index in [0.717, 1.165) is 0 Å². The monoisotopic (exact) mass is 499 g/mol. The van der Waals surface area contributed by atoms with E-state index in [-0.39, 0.29) is 23.1 Å². The van der Waals surface area contributed by atoms with Gasteiger partial charge in [0, 0.05) is 12.8 Å². The normalized spacial score (nSPS) is 11.1. The van der Waals surface area contributed by atoms with Crippen LogP contribution in [0.25, 0.3) is 5.82 Å². The van der Waals surface area contributed by atoms with E-state index in [4.69, 9.17) is 15.6 Å². The molecule has 35 heavy (non-hydrogen) atoms. The first kappa shape index (κ1) is 23.4. The summed E-state index contributed by atoms with van der Waals surface area (Å²) in [7, 11) is 1.78. The number of aryl methyl sites for hydroxylation is 1. The molecule has 0 aliphatic rings. The van der Waals surface area contributed by atoms with Crippen molar-refractivity contribution >= 4 is 35.7 Å². The van der Waals surface area contributed by atoms with E-state index in [9.17, 15) is 9.59 Å². The molecule has 4 rings (SSSR count). The fraction of sp³-hybridized carbons (Fsp3) is 0.167. The average molecular weight is 499 g/mol. The molecule has 180 valence electrons. The fourth-order valence-electron chi connectivity index (χ4n) is 2.67. The molecular weight excluding hydrogens is 482 g/mol. The SMILES string of the molecule is Cn1cnnc1SCc1c(C(=O)N/N=C\c2ccc(OCC(=O)O)cc2)nnn1-c1nonc1N. The van der Waals surface area contributed by atoms with Crippen LogP contribution in [0.1, 0.15) is 21.7 Å². The number of amides is 1. The number of hydrogen-bond acceptors (Lipinski definition) is 13. The summed E-state index contributed by atoms with van der Waals surface area (Å²) >= 11 is 1.29. The zero-order valence-corrected chi connectivity index (χ0v) is 18.8. The summed E-state index contributed by atoms with van der Waals surface area (Å²) in [5, 5.41) is 36.2. The minimum Gasteiger partial charge on any atom is -0.482 e. The maximum absolute atomic E-state index is 12.8. The summed E-state index contributed by atoms with van der Waals surface area (Å²) in [4.78, 5) is 23.4. The number of aromatic nitrogens is 8. The Balaban J connectivity index is 1.48. The standard InChI is InChI=1S/C18H17N11O5S/c1-28-9-21-24-18(28)35-8-12-14(22-27-29(12)16-15(19)25-34-26-16)17(32)23-20-6-10-2-4-11(5-3-10)33-7-13(30)31/h2-6,9H,7-8H2,1H3,(H2,19,25)(H,23,32)(H,30,31)/b20-6-. The molecule has 0 bridgehead atoms. The van der Waals surface area contributed by atoms with Crippen LogP contribution in [0.3, 0.4) is 0 Å². The molecule has 17 heteroatoms. The number of benzene rings is 1. The molecule has 0 aliphatic carbocycles. The van der Waals surface area contributed by atoms with Crippen molar-refractivity contribution in [2.45, 2.75) is 10.9 Å². The molecule has 16 nitrogen and oxygen atoms in total. The van der Waals surface area contributed by atoms with Crippen molar-refractivity contribution in [3.63, 3.8) is 0 Å². The van der Waals surface area contributed by atoms with Gasteiger partial charge >= 0.3 is 5.97 Å². The van der Waals surface area contributed by atoms with E-state index in [0.29, 0.717) is 22.2 Å². The van der Waals surface area contributed by atoms with Crippen molar-refractivity contribution in [3.05, 3.63) is 47.5 Å². The van der Waals surface area contributed by atoms with Crippen LogP contribution in [0.4, 0.5) is 5.82 Å². The van der Waals surface area contributed by atoms with Crippen molar-refractivity contribution in [2.75, 3.05) is 12.3 Å². The number of carbonyl (C=O) groups excluding carboxylic acids is 1. The van der Waals surface area contributed by atoms with Crippen molar-refractivity contribution in [1.82, 2.24) is 45.5 Å². The first-order valence-corrected chi connectivity index (χ1v) is 10.7. The van der Waals surface area contributed by atoms with Crippen LogP contribution < -0.4 is 15.9 Å². The highest BCUT2D eigenvalue weighted by Crippen LogP contribution is 2.24. The Morgan fingerprint density at radius 1 is 1.29 bits per heavy atom. The zero-order valence-electron chi connectivity index (χ0n) is 18.0. The van der Waals surface area contributed by atoms with Gasteiger partial charge in [-0.3, -0.25) is 4.79 Å². The third kappa shape index (κ3) is 5.58. The Hall–Kier alpha value is -4.80. The summed E-state index contributed by atoms with van der Waals surface area (Å²) in [6, 6.07) is 6.45. The molecule has 4 N–H and O–H groups in total. The Morgan fingerprint density at radius 3 is 2.74 bits per heavy atom. The van der Waals surface area contributed by atoms with Gasteiger partial charge in [0.15, 0.2) is 17.5 Å². The molecule has 1 aromatic carbocycles. The fourth-order valence-corrected chi connectivity index (χ4v) is 3.55. The molecule has 0 saturated heterocycles. The van der Waals surface area contributed by atoms with Crippen LogP contribution in [0, 0.1) is 0 Å². The van der Waals surface area contributed by atoms with Crippen LogP contribution in [0.15, 0.2) is 45.5 Å². The van der Waals surface area contributed by atoms with E-state index < -0.39 is 18.5 Å². The van der Waals surface area contributed by atoms with Crippen LogP contribution in [-0.2, 0) is 17.6 Å². The molecule has 0 fully saturated rings. The Kier molecular flexibility index (Phi) is 6.96. The number of carboxylic acid groups (broad SMARTS) is 1. The number of nitrogens with two attached hydrogens (primary N) is 1. The number of thioether (sulfide) groups is 1. The molecule has 3 aromatic heterocycles. The number of nitrogens with zero attached hydrogens (tertiary/aromatic N) is 9. The molecule has 0 saturated carbocycles.